The van der Waals surface area contributed by atoms with Crippen LogP contribution >= 0.6 is 23.2 Å². The first-order valence-electron chi connectivity index (χ1n) is 7.00. The maximum absolute atomic E-state index is 12.2. The van der Waals surface area contributed by atoms with Crippen LogP contribution in [0.1, 0.15) is 26.3 Å². The first-order valence-corrected chi connectivity index (χ1v) is 7.75. The van der Waals surface area contributed by atoms with Gasteiger partial charge in [-0.05, 0) is 30.5 Å². The molecule has 0 unspecified atom stereocenters. The lowest BCUT2D eigenvalue weighted by Gasteiger charge is -2.21. The highest BCUT2D eigenvalue weighted by Gasteiger charge is 2.24. The van der Waals surface area contributed by atoms with Crippen LogP contribution in [0.2, 0.25) is 10.0 Å². The molecule has 0 saturated heterocycles. The summed E-state index contributed by atoms with van der Waals surface area (Å²) >= 11 is 11.9. The Morgan fingerprint density at radius 1 is 1.27 bits per heavy atom. The van der Waals surface area contributed by atoms with Gasteiger partial charge in [-0.3, -0.25) is 4.79 Å². The Labute approximate surface area is 140 Å². The van der Waals surface area contributed by atoms with E-state index in [9.17, 15) is 9.59 Å². The molecule has 1 aromatic rings. The van der Waals surface area contributed by atoms with Crippen molar-refractivity contribution in [2.75, 3.05) is 6.61 Å². The van der Waals surface area contributed by atoms with Gasteiger partial charge in [0.05, 0.1) is 6.61 Å². The molecule has 1 aromatic carbocycles. The van der Waals surface area contributed by atoms with Crippen molar-refractivity contribution in [3.63, 3.8) is 0 Å². The number of ether oxygens (including phenoxy) is 1. The monoisotopic (exact) mass is 346 g/mol. The quantitative estimate of drug-likeness (QED) is 0.829. The van der Waals surface area contributed by atoms with Gasteiger partial charge in [-0.15, -0.1) is 0 Å². The molecule has 0 spiro atoms. The van der Waals surface area contributed by atoms with Gasteiger partial charge in [0.25, 0.3) is 0 Å². The Balaban J connectivity index is 2.65. The summed E-state index contributed by atoms with van der Waals surface area (Å²) in [5.74, 6) is -0.376. The van der Waals surface area contributed by atoms with Gasteiger partial charge in [-0.25, -0.2) is 4.79 Å². The fraction of sp³-hybridized carbons (Fsp3) is 0.467. The number of hydrogen-bond acceptors (Lipinski definition) is 3. The van der Waals surface area contributed by atoms with E-state index in [-0.39, 0.29) is 25.0 Å². The number of benzene rings is 1. The number of carbonyl (C=O) groups is 2. The summed E-state index contributed by atoms with van der Waals surface area (Å²) in [6.07, 6.45) is -0.610. The van der Waals surface area contributed by atoms with Gasteiger partial charge in [0.15, 0.2) is 0 Å². The summed E-state index contributed by atoms with van der Waals surface area (Å²) in [7, 11) is 0. The zero-order valence-electron chi connectivity index (χ0n) is 12.8. The standard InChI is InChI=1S/C15H20Cl2N2O3/c1-4-22-15(21)19-13(9(2)3)14(20)18-8-10-5-6-11(16)7-12(10)17/h5-7,9,13H,4,8H2,1-3H3,(H,18,20)(H,19,21)/t13-/m1/s1. The van der Waals surface area contributed by atoms with Crippen LogP contribution in [-0.2, 0) is 16.1 Å². The van der Waals surface area contributed by atoms with Gasteiger partial charge in [-0.1, -0.05) is 43.1 Å². The Bertz CT molecular complexity index is 536. The predicted molar refractivity (Wildman–Crippen MR) is 87.1 cm³/mol. The third kappa shape index (κ3) is 5.73. The minimum Gasteiger partial charge on any atom is -0.450 e. The van der Waals surface area contributed by atoms with Gasteiger partial charge in [0.2, 0.25) is 5.91 Å². The third-order valence-electron chi connectivity index (χ3n) is 2.97. The first kappa shape index (κ1) is 18.6. The van der Waals surface area contributed by atoms with Crippen LogP contribution in [-0.4, -0.2) is 24.6 Å². The maximum Gasteiger partial charge on any atom is 0.407 e. The largest absolute Gasteiger partial charge is 0.450 e. The molecule has 7 heteroatoms. The van der Waals surface area contributed by atoms with Crippen molar-refractivity contribution in [1.29, 1.82) is 0 Å². The van der Waals surface area contributed by atoms with Crippen LogP contribution in [0.25, 0.3) is 0 Å². The van der Waals surface area contributed by atoms with Crippen molar-refractivity contribution in [3.8, 4) is 0 Å². The zero-order chi connectivity index (χ0) is 16.7. The lowest BCUT2D eigenvalue weighted by Crippen LogP contribution is -2.49. The Morgan fingerprint density at radius 2 is 1.95 bits per heavy atom. The Morgan fingerprint density at radius 3 is 2.50 bits per heavy atom. The van der Waals surface area contributed by atoms with Crippen molar-refractivity contribution in [1.82, 2.24) is 10.6 Å². The van der Waals surface area contributed by atoms with Crippen molar-refractivity contribution in [2.24, 2.45) is 5.92 Å². The van der Waals surface area contributed by atoms with Crippen LogP contribution in [0.3, 0.4) is 0 Å². The second kappa shape index (κ2) is 8.86. The number of halogens is 2. The molecule has 2 N–H and O–H groups in total. The number of amides is 2. The van der Waals surface area contributed by atoms with Crippen molar-refractivity contribution < 1.29 is 14.3 Å². The molecule has 122 valence electrons. The van der Waals surface area contributed by atoms with Gasteiger partial charge < -0.3 is 15.4 Å². The fourth-order valence-corrected chi connectivity index (χ4v) is 2.27. The van der Waals surface area contributed by atoms with E-state index in [1.54, 1.807) is 25.1 Å². The molecule has 0 aliphatic heterocycles. The molecule has 0 heterocycles. The summed E-state index contributed by atoms with van der Waals surface area (Å²) in [6.45, 7) is 5.88. The van der Waals surface area contributed by atoms with Crippen molar-refractivity contribution in [3.05, 3.63) is 33.8 Å². The van der Waals surface area contributed by atoms with Crippen molar-refractivity contribution >= 4 is 35.2 Å². The summed E-state index contributed by atoms with van der Waals surface area (Å²) in [5, 5.41) is 6.31. The zero-order valence-corrected chi connectivity index (χ0v) is 14.3. The normalized spacial score (nSPS) is 11.9. The van der Waals surface area contributed by atoms with Crippen LogP contribution < -0.4 is 10.6 Å². The average molecular weight is 347 g/mol. The predicted octanol–water partition coefficient (Wildman–Crippen LogP) is 3.38. The lowest BCUT2D eigenvalue weighted by atomic mass is 10.0. The molecule has 1 atom stereocenters. The molecule has 2 amide bonds. The first-order chi connectivity index (χ1) is 10.3. The van der Waals surface area contributed by atoms with Crippen molar-refractivity contribution in [2.45, 2.75) is 33.4 Å². The molecule has 0 aromatic heterocycles. The van der Waals surface area contributed by atoms with Gasteiger partial charge in [0, 0.05) is 16.6 Å². The number of hydrogen-bond donors (Lipinski definition) is 2. The summed E-state index contributed by atoms with van der Waals surface area (Å²) in [6, 6.07) is 4.38. The molecule has 22 heavy (non-hydrogen) atoms. The van der Waals surface area contributed by atoms with E-state index >= 15 is 0 Å². The van der Waals surface area contributed by atoms with Gasteiger partial charge in [-0.2, -0.15) is 0 Å². The molecule has 0 radical (unpaired) electrons. The average Bonchev–Trinajstić information content (AvgIpc) is 2.43. The minimum atomic E-state index is -0.676. The number of carbonyl (C=O) groups excluding carboxylic acids is 2. The molecular weight excluding hydrogens is 327 g/mol. The number of rotatable bonds is 6. The molecule has 0 fully saturated rings. The lowest BCUT2D eigenvalue weighted by molar-refractivity contribution is -0.124. The fourth-order valence-electron chi connectivity index (χ4n) is 1.79. The van der Waals surface area contributed by atoms with E-state index < -0.39 is 12.1 Å². The SMILES string of the molecule is CCOC(=O)N[C@@H](C(=O)NCc1ccc(Cl)cc1Cl)C(C)C. The topological polar surface area (TPSA) is 67.4 Å². The van der Waals surface area contributed by atoms with Crippen LogP contribution in [0.5, 0.6) is 0 Å². The van der Waals surface area contributed by atoms with Crippen LogP contribution in [0.15, 0.2) is 18.2 Å². The smallest absolute Gasteiger partial charge is 0.407 e. The highest BCUT2D eigenvalue weighted by molar-refractivity contribution is 6.35. The van der Waals surface area contributed by atoms with E-state index in [2.05, 4.69) is 10.6 Å². The van der Waals surface area contributed by atoms with E-state index in [1.165, 1.54) is 0 Å². The second-order valence-corrected chi connectivity index (χ2v) is 5.88. The van der Waals surface area contributed by atoms with Crippen LogP contribution in [0.4, 0.5) is 4.79 Å². The summed E-state index contributed by atoms with van der Waals surface area (Å²) < 4.78 is 4.80. The molecule has 0 saturated carbocycles. The van der Waals surface area contributed by atoms with E-state index in [0.717, 1.165) is 5.56 Å². The molecule has 1 rings (SSSR count). The molecule has 0 aliphatic rings. The Hall–Kier alpha value is -1.46. The van der Waals surface area contributed by atoms with E-state index in [4.69, 9.17) is 27.9 Å². The molecule has 0 aliphatic carbocycles. The highest BCUT2D eigenvalue weighted by Crippen LogP contribution is 2.20. The molecule has 5 nitrogen and oxygen atoms in total. The molecule has 0 bridgehead atoms. The Kier molecular flexibility index (Phi) is 7.48. The summed E-state index contributed by atoms with van der Waals surface area (Å²) in [4.78, 5) is 23.7. The third-order valence-corrected chi connectivity index (χ3v) is 3.55. The van der Waals surface area contributed by atoms with Gasteiger partial charge >= 0.3 is 6.09 Å². The van der Waals surface area contributed by atoms with Crippen LogP contribution in [0, 0.1) is 5.92 Å². The maximum atomic E-state index is 12.2. The molecular formula is C15H20Cl2N2O3. The highest BCUT2D eigenvalue weighted by atomic mass is 35.5. The minimum absolute atomic E-state index is 0.0786. The number of nitrogens with one attached hydrogen (secondary N) is 2. The van der Waals surface area contributed by atoms with E-state index in [0.29, 0.717) is 10.0 Å². The second-order valence-electron chi connectivity index (χ2n) is 5.04. The van der Waals surface area contributed by atoms with Gasteiger partial charge in [0.1, 0.15) is 6.04 Å². The number of alkyl carbamates (subject to hydrolysis) is 1. The van der Waals surface area contributed by atoms with E-state index in [1.807, 2.05) is 13.8 Å². The summed E-state index contributed by atoms with van der Waals surface area (Å²) in [5.41, 5.74) is 0.748.